The van der Waals surface area contributed by atoms with Crippen LogP contribution in [0.5, 0.6) is 23.0 Å². The van der Waals surface area contributed by atoms with Crippen molar-refractivity contribution in [3.63, 3.8) is 0 Å². The first-order valence-electron chi connectivity index (χ1n) is 12.6. The van der Waals surface area contributed by atoms with E-state index in [0.717, 1.165) is 0 Å². The Bertz CT molecular complexity index is 1900. The molecule has 1 N–H and O–H groups in total. The summed E-state index contributed by atoms with van der Waals surface area (Å²) in [5.41, 5.74) is 2.15. The second-order valence-corrected chi connectivity index (χ2v) is 10.5. The molecule has 0 bridgehead atoms. The number of phenols is 1. The molecule has 1 atom stereocenters. The summed E-state index contributed by atoms with van der Waals surface area (Å²) in [6.07, 6.45) is 1.64. The van der Waals surface area contributed by atoms with Crippen LogP contribution in [0.3, 0.4) is 0 Å². The standard InChI is InChI=1S/C30H23ClN2O7S/c1-3-38-29(36)24-25(17-7-5-4-6-8-17)32-30-33(26(24)18-9-10-20-21(14-18)40-15-39-20)28(35)23(41-30)13-16-11-19(31)27(34)22(12-16)37-2/h4-14,26,34H,3,15H2,1-2H3/b23-13+. The molecule has 2 aliphatic heterocycles. The predicted octanol–water partition coefficient (Wildman–Crippen LogP) is 4.03. The average Bonchev–Trinajstić information content (AvgIpc) is 3.58. The van der Waals surface area contributed by atoms with E-state index < -0.39 is 12.0 Å². The number of rotatable bonds is 6. The molecule has 1 unspecified atom stereocenters. The van der Waals surface area contributed by atoms with Gasteiger partial charge in [-0.1, -0.05) is 59.3 Å². The zero-order valence-corrected chi connectivity index (χ0v) is 23.5. The van der Waals surface area contributed by atoms with E-state index in [-0.39, 0.29) is 41.1 Å². The molecule has 11 heteroatoms. The van der Waals surface area contributed by atoms with Crippen molar-refractivity contribution < 1.29 is 28.8 Å². The molecule has 9 nitrogen and oxygen atoms in total. The Hall–Kier alpha value is -4.54. The van der Waals surface area contributed by atoms with Crippen molar-refractivity contribution in [2.75, 3.05) is 20.5 Å². The van der Waals surface area contributed by atoms with E-state index in [4.69, 9.17) is 35.5 Å². The van der Waals surface area contributed by atoms with Crippen molar-refractivity contribution in [2.45, 2.75) is 13.0 Å². The van der Waals surface area contributed by atoms with Gasteiger partial charge in [0.2, 0.25) is 6.79 Å². The van der Waals surface area contributed by atoms with E-state index in [1.165, 1.54) is 29.1 Å². The fourth-order valence-electron chi connectivity index (χ4n) is 4.82. The molecule has 3 heterocycles. The molecule has 0 amide bonds. The maximum Gasteiger partial charge on any atom is 0.338 e. The van der Waals surface area contributed by atoms with Crippen molar-refractivity contribution in [2.24, 2.45) is 4.99 Å². The van der Waals surface area contributed by atoms with Crippen LogP contribution in [0.4, 0.5) is 0 Å². The lowest BCUT2D eigenvalue weighted by Gasteiger charge is -2.26. The molecule has 3 aromatic carbocycles. The molecule has 2 aliphatic rings. The summed E-state index contributed by atoms with van der Waals surface area (Å²) in [6, 6.07) is 16.9. The predicted molar refractivity (Wildman–Crippen MR) is 153 cm³/mol. The summed E-state index contributed by atoms with van der Waals surface area (Å²) >= 11 is 7.37. The summed E-state index contributed by atoms with van der Waals surface area (Å²) in [7, 11) is 1.41. The summed E-state index contributed by atoms with van der Waals surface area (Å²) in [5, 5.41) is 10.2. The van der Waals surface area contributed by atoms with Crippen LogP contribution in [0.15, 0.2) is 76.0 Å². The molecular weight excluding hydrogens is 568 g/mol. The first kappa shape index (κ1) is 26.7. The van der Waals surface area contributed by atoms with Gasteiger partial charge >= 0.3 is 5.97 Å². The molecule has 0 aliphatic carbocycles. The zero-order valence-electron chi connectivity index (χ0n) is 21.9. The largest absolute Gasteiger partial charge is 0.503 e. The number of nitrogens with zero attached hydrogens (tertiary/aromatic N) is 2. The second-order valence-electron chi connectivity index (χ2n) is 9.10. The van der Waals surface area contributed by atoms with Crippen LogP contribution >= 0.6 is 22.9 Å². The highest BCUT2D eigenvalue weighted by molar-refractivity contribution is 7.07. The SMILES string of the molecule is CCOC(=O)C1=C(c2ccccc2)N=c2s/c(=C/c3cc(Cl)c(O)c(OC)c3)c(=O)n2C1c1ccc2c(c1)OCO2. The molecule has 208 valence electrons. The van der Waals surface area contributed by atoms with Crippen LogP contribution in [-0.4, -0.2) is 36.2 Å². The lowest BCUT2D eigenvalue weighted by atomic mass is 9.93. The number of hydrogen-bond acceptors (Lipinski definition) is 9. The molecule has 41 heavy (non-hydrogen) atoms. The monoisotopic (exact) mass is 590 g/mol. The van der Waals surface area contributed by atoms with E-state index >= 15 is 0 Å². The number of carbonyl (C=O) groups excluding carboxylic acids is 1. The van der Waals surface area contributed by atoms with Crippen LogP contribution in [0.1, 0.15) is 29.7 Å². The van der Waals surface area contributed by atoms with Gasteiger partial charge in [0, 0.05) is 5.56 Å². The van der Waals surface area contributed by atoms with Crippen molar-refractivity contribution in [1.82, 2.24) is 4.57 Å². The number of ether oxygens (including phenoxy) is 4. The van der Waals surface area contributed by atoms with Gasteiger partial charge in [-0.2, -0.15) is 0 Å². The molecule has 0 spiro atoms. The minimum atomic E-state index is -0.866. The van der Waals surface area contributed by atoms with Crippen molar-refractivity contribution in [3.8, 4) is 23.0 Å². The van der Waals surface area contributed by atoms with Gasteiger partial charge in [0.25, 0.3) is 5.56 Å². The molecule has 0 radical (unpaired) electrons. The highest BCUT2D eigenvalue weighted by Gasteiger charge is 2.36. The van der Waals surface area contributed by atoms with Gasteiger partial charge in [-0.05, 0) is 48.4 Å². The highest BCUT2D eigenvalue weighted by atomic mass is 35.5. The molecule has 0 saturated carbocycles. The van der Waals surface area contributed by atoms with Crippen molar-refractivity contribution in [3.05, 3.63) is 108 Å². The smallest absolute Gasteiger partial charge is 0.338 e. The Morgan fingerprint density at radius 2 is 1.95 bits per heavy atom. The lowest BCUT2D eigenvalue weighted by molar-refractivity contribution is -0.138. The van der Waals surface area contributed by atoms with Crippen LogP contribution < -0.4 is 29.1 Å². The number of aromatic hydroxyl groups is 1. The van der Waals surface area contributed by atoms with Gasteiger partial charge in [0.15, 0.2) is 27.8 Å². The number of esters is 1. The maximum atomic E-state index is 14.0. The van der Waals surface area contributed by atoms with E-state index in [1.807, 2.05) is 30.3 Å². The molecule has 1 aromatic heterocycles. The number of thiazole rings is 1. The summed E-state index contributed by atoms with van der Waals surface area (Å²) in [4.78, 5) is 32.9. The first-order valence-corrected chi connectivity index (χ1v) is 13.8. The fourth-order valence-corrected chi connectivity index (χ4v) is 6.04. The summed E-state index contributed by atoms with van der Waals surface area (Å²) in [6.45, 7) is 1.95. The minimum absolute atomic E-state index is 0.0794. The zero-order chi connectivity index (χ0) is 28.7. The number of benzene rings is 3. The normalized spacial score (nSPS) is 15.9. The van der Waals surface area contributed by atoms with E-state index in [0.29, 0.717) is 43.2 Å². The third kappa shape index (κ3) is 4.75. The van der Waals surface area contributed by atoms with Gasteiger partial charge in [0.1, 0.15) is 0 Å². The number of methoxy groups -OCH3 is 1. The average molecular weight is 591 g/mol. The molecule has 4 aromatic rings. The first-order chi connectivity index (χ1) is 19.9. The Balaban J connectivity index is 1.64. The number of halogens is 1. The number of phenolic OH excluding ortho intramolecular Hbond substituents is 1. The second kappa shape index (κ2) is 10.8. The molecule has 6 rings (SSSR count). The number of fused-ring (bicyclic) bond motifs is 2. The van der Waals surface area contributed by atoms with Crippen molar-refractivity contribution >= 4 is 40.7 Å². The Morgan fingerprint density at radius 3 is 2.71 bits per heavy atom. The van der Waals surface area contributed by atoms with Crippen molar-refractivity contribution in [1.29, 1.82) is 0 Å². The third-order valence-corrected chi connectivity index (χ3v) is 7.93. The van der Waals surface area contributed by atoms with Crippen LogP contribution in [0, 0.1) is 0 Å². The third-order valence-electron chi connectivity index (χ3n) is 6.65. The molecule has 0 saturated heterocycles. The topological polar surface area (TPSA) is 109 Å². The van der Waals surface area contributed by atoms with Crippen LogP contribution in [0.2, 0.25) is 5.02 Å². The van der Waals surface area contributed by atoms with E-state index in [2.05, 4.69) is 0 Å². The Labute approximate surface area is 242 Å². The minimum Gasteiger partial charge on any atom is -0.503 e. The van der Waals surface area contributed by atoms with Gasteiger partial charge in [-0.15, -0.1) is 0 Å². The van der Waals surface area contributed by atoms with Gasteiger partial charge in [-0.25, -0.2) is 9.79 Å². The van der Waals surface area contributed by atoms with Gasteiger partial charge in [0.05, 0.1) is 40.6 Å². The summed E-state index contributed by atoms with van der Waals surface area (Å²) < 4.78 is 23.7. The maximum absolute atomic E-state index is 14.0. The molecule has 0 fully saturated rings. The number of hydrogen-bond donors (Lipinski definition) is 1. The molecular formula is C30H23ClN2O7S. The lowest BCUT2D eigenvalue weighted by Crippen LogP contribution is -2.40. The fraction of sp³-hybridized carbons (Fsp3) is 0.167. The van der Waals surface area contributed by atoms with Crippen LogP contribution in [0.25, 0.3) is 11.8 Å². The van der Waals surface area contributed by atoms with E-state index in [9.17, 15) is 14.7 Å². The highest BCUT2D eigenvalue weighted by Crippen LogP contribution is 2.40. The number of carbonyl (C=O) groups is 1. The van der Waals surface area contributed by atoms with Crippen LogP contribution in [-0.2, 0) is 9.53 Å². The van der Waals surface area contributed by atoms with Gasteiger partial charge < -0.3 is 24.1 Å². The summed E-state index contributed by atoms with van der Waals surface area (Å²) in [5.74, 6) is 0.483. The van der Waals surface area contributed by atoms with E-state index in [1.54, 1.807) is 37.3 Å². The Kier molecular flexibility index (Phi) is 7.02. The quantitative estimate of drug-likeness (QED) is 0.338. The Morgan fingerprint density at radius 1 is 1.17 bits per heavy atom. The number of aromatic nitrogens is 1. The van der Waals surface area contributed by atoms with Gasteiger partial charge in [-0.3, -0.25) is 9.36 Å².